The van der Waals surface area contributed by atoms with E-state index in [0.717, 1.165) is 12.2 Å². The van der Waals surface area contributed by atoms with Gasteiger partial charge in [0.15, 0.2) is 6.29 Å². The van der Waals surface area contributed by atoms with Crippen molar-refractivity contribution in [3.63, 3.8) is 0 Å². The van der Waals surface area contributed by atoms with Gasteiger partial charge in [0, 0.05) is 0 Å². The predicted molar refractivity (Wildman–Crippen MR) is 64.3 cm³/mol. The summed E-state index contributed by atoms with van der Waals surface area (Å²) < 4.78 is 10.3. The zero-order chi connectivity index (χ0) is 15.8. The molecule has 0 unspecified atom stereocenters. The van der Waals surface area contributed by atoms with Gasteiger partial charge in [0.2, 0.25) is 5.60 Å². The molecule has 8 atom stereocenters. The summed E-state index contributed by atoms with van der Waals surface area (Å²) in [7, 11) is 0. The van der Waals surface area contributed by atoms with E-state index in [-0.39, 0.29) is 0 Å². The molecule has 0 amide bonds. The Kier molecular flexibility index (Phi) is 4.62. The highest BCUT2D eigenvalue weighted by Gasteiger charge is 2.52. The van der Waals surface area contributed by atoms with E-state index in [9.17, 15) is 25.5 Å². The Morgan fingerprint density at radius 1 is 1.14 bits per heavy atom. The molecule has 118 valence electrons. The number of nitrogens with zero attached hydrogens (tertiary/aromatic N) is 1. The van der Waals surface area contributed by atoms with Crippen LogP contribution in [0.4, 0.5) is 0 Å². The second-order valence-electron chi connectivity index (χ2n) is 5.01. The molecular weight excluding hydrogens is 286 g/mol. The zero-order valence-electron chi connectivity index (χ0n) is 10.9. The maximum Gasteiger partial charge on any atom is 0.204 e. The van der Waals surface area contributed by atoms with Gasteiger partial charge in [0.1, 0.15) is 42.7 Å². The first kappa shape index (κ1) is 16.3. The van der Waals surface area contributed by atoms with Gasteiger partial charge in [-0.3, -0.25) is 0 Å². The molecule has 0 spiro atoms. The molecule has 0 aromatic rings. The van der Waals surface area contributed by atoms with Gasteiger partial charge in [-0.15, -0.1) is 0 Å². The largest absolute Gasteiger partial charge is 0.394 e. The first-order valence-electron chi connectivity index (χ1n) is 6.31. The SMILES string of the molecule is N#C[C@]1(O[C@H]2O[C@H](CO)[C@@H](O)[C@H](O)[C@H]2O)C=C[C@@H](O)[C@@H]1O. The molecule has 1 aliphatic carbocycles. The van der Waals surface area contributed by atoms with Crippen molar-refractivity contribution in [2.24, 2.45) is 0 Å². The van der Waals surface area contributed by atoms with Crippen LogP contribution in [0.5, 0.6) is 0 Å². The molecule has 9 heteroatoms. The first-order valence-corrected chi connectivity index (χ1v) is 6.31. The summed E-state index contributed by atoms with van der Waals surface area (Å²) in [5.41, 5.74) is -1.97. The molecule has 1 aliphatic heterocycles. The van der Waals surface area contributed by atoms with Crippen molar-refractivity contribution in [1.82, 2.24) is 0 Å². The lowest BCUT2D eigenvalue weighted by atomic mass is 9.97. The highest BCUT2D eigenvalue weighted by molar-refractivity contribution is 5.29. The quantitative estimate of drug-likeness (QED) is 0.288. The van der Waals surface area contributed by atoms with E-state index in [1.807, 2.05) is 0 Å². The molecule has 2 aliphatic rings. The zero-order valence-corrected chi connectivity index (χ0v) is 10.9. The normalized spacial score (nSPS) is 50.0. The van der Waals surface area contributed by atoms with Gasteiger partial charge < -0.3 is 40.1 Å². The van der Waals surface area contributed by atoms with Crippen molar-refractivity contribution >= 4 is 0 Å². The van der Waals surface area contributed by atoms with Crippen molar-refractivity contribution < 1.29 is 40.1 Å². The molecular formula is C12H17NO8. The summed E-state index contributed by atoms with van der Waals surface area (Å²) in [6.07, 6.45) is -8.36. The first-order chi connectivity index (χ1) is 9.86. The molecule has 0 bridgehead atoms. The number of nitriles is 1. The van der Waals surface area contributed by atoms with Gasteiger partial charge in [-0.1, -0.05) is 6.08 Å². The lowest BCUT2D eigenvalue weighted by Gasteiger charge is -2.42. The van der Waals surface area contributed by atoms with Crippen LogP contribution in [0.1, 0.15) is 0 Å². The van der Waals surface area contributed by atoms with E-state index in [1.54, 1.807) is 6.07 Å². The minimum absolute atomic E-state index is 0.647. The number of aliphatic hydroxyl groups is 6. The average molecular weight is 303 g/mol. The maximum atomic E-state index is 9.82. The minimum Gasteiger partial charge on any atom is -0.394 e. The molecule has 0 saturated carbocycles. The highest BCUT2D eigenvalue weighted by atomic mass is 16.7. The van der Waals surface area contributed by atoms with Crippen molar-refractivity contribution in [3.05, 3.63) is 12.2 Å². The average Bonchev–Trinajstić information content (AvgIpc) is 2.77. The molecule has 0 aromatic heterocycles. The molecule has 1 saturated heterocycles. The summed E-state index contributed by atoms with van der Waals surface area (Å²) in [5, 5.41) is 66.6. The molecule has 9 nitrogen and oxygen atoms in total. The van der Waals surface area contributed by atoms with E-state index in [0.29, 0.717) is 0 Å². The Morgan fingerprint density at radius 3 is 2.29 bits per heavy atom. The fourth-order valence-corrected chi connectivity index (χ4v) is 2.29. The van der Waals surface area contributed by atoms with Crippen LogP contribution in [0, 0.1) is 11.3 Å². The third kappa shape index (κ3) is 2.68. The fraction of sp³-hybridized carbons (Fsp3) is 0.750. The molecule has 0 aromatic carbocycles. The summed E-state index contributed by atoms with van der Waals surface area (Å²) in [6.45, 7) is -0.647. The Labute approximate surface area is 119 Å². The van der Waals surface area contributed by atoms with Crippen molar-refractivity contribution in [2.75, 3.05) is 6.61 Å². The fourth-order valence-electron chi connectivity index (χ4n) is 2.29. The number of rotatable bonds is 3. The van der Waals surface area contributed by atoms with Crippen molar-refractivity contribution in [1.29, 1.82) is 5.26 Å². The molecule has 0 radical (unpaired) electrons. The van der Waals surface area contributed by atoms with Crippen molar-refractivity contribution in [2.45, 2.75) is 48.5 Å². The maximum absolute atomic E-state index is 9.82. The van der Waals surface area contributed by atoms with Crippen LogP contribution in [0.2, 0.25) is 0 Å². The van der Waals surface area contributed by atoms with Crippen LogP contribution in [0.3, 0.4) is 0 Å². The Hall–Kier alpha value is -1.09. The predicted octanol–water partition coefficient (Wildman–Crippen LogP) is -3.64. The van der Waals surface area contributed by atoms with Crippen molar-refractivity contribution in [3.8, 4) is 6.07 Å². The second kappa shape index (κ2) is 5.96. The summed E-state index contributed by atoms with van der Waals surface area (Å²) >= 11 is 0. The van der Waals surface area contributed by atoms with Gasteiger partial charge in [0.25, 0.3) is 0 Å². The van der Waals surface area contributed by atoms with E-state index in [2.05, 4.69) is 0 Å². The summed E-state index contributed by atoms with van der Waals surface area (Å²) in [6, 6.07) is 1.67. The standard InChI is InChI=1S/C12H17NO8/c13-4-12(2-1-5(15)10(12)19)21-11-9(18)8(17)7(16)6(3-14)20-11/h1-2,5-11,14-19H,3H2/t5-,6-,7-,8+,9-,10+,11-,12-/m1/s1. The van der Waals surface area contributed by atoms with E-state index in [1.165, 1.54) is 0 Å². The monoisotopic (exact) mass is 303 g/mol. The van der Waals surface area contributed by atoms with Gasteiger partial charge in [-0.2, -0.15) is 5.26 Å². The molecule has 1 heterocycles. The number of aliphatic hydroxyl groups excluding tert-OH is 6. The van der Waals surface area contributed by atoms with E-state index >= 15 is 0 Å². The van der Waals surface area contributed by atoms with Gasteiger partial charge >= 0.3 is 0 Å². The van der Waals surface area contributed by atoms with Gasteiger partial charge in [-0.25, -0.2) is 0 Å². The van der Waals surface area contributed by atoms with Crippen LogP contribution in [0.15, 0.2) is 12.2 Å². The third-order valence-corrected chi connectivity index (χ3v) is 3.64. The van der Waals surface area contributed by atoms with Crippen LogP contribution in [0.25, 0.3) is 0 Å². The molecule has 21 heavy (non-hydrogen) atoms. The van der Waals surface area contributed by atoms with Gasteiger partial charge in [0.05, 0.1) is 6.61 Å². The second-order valence-corrected chi connectivity index (χ2v) is 5.01. The van der Waals surface area contributed by atoms with Crippen LogP contribution in [-0.2, 0) is 9.47 Å². The highest BCUT2D eigenvalue weighted by Crippen LogP contribution is 2.32. The Balaban J connectivity index is 2.18. The van der Waals surface area contributed by atoms with Crippen LogP contribution < -0.4 is 0 Å². The lowest BCUT2D eigenvalue weighted by molar-refractivity contribution is -0.322. The molecule has 2 rings (SSSR count). The van der Waals surface area contributed by atoms with E-state index in [4.69, 9.17) is 19.8 Å². The van der Waals surface area contributed by atoms with Crippen LogP contribution in [-0.4, -0.2) is 85.8 Å². The number of ether oxygens (including phenoxy) is 2. The lowest BCUT2D eigenvalue weighted by Crippen LogP contribution is -2.61. The number of hydrogen-bond acceptors (Lipinski definition) is 9. The third-order valence-electron chi connectivity index (χ3n) is 3.64. The smallest absolute Gasteiger partial charge is 0.204 e. The Bertz CT molecular complexity index is 449. The topological polar surface area (TPSA) is 164 Å². The van der Waals surface area contributed by atoms with Gasteiger partial charge in [-0.05, 0) is 6.08 Å². The van der Waals surface area contributed by atoms with E-state index < -0.39 is 55.1 Å². The Morgan fingerprint density at radius 2 is 1.81 bits per heavy atom. The van der Waals surface area contributed by atoms with Crippen LogP contribution >= 0.6 is 0 Å². The molecule has 6 N–H and O–H groups in total. The molecule has 1 fully saturated rings. The minimum atomic E-state index is -1.97. The number of hydrogen-bond donors (Lipinski definition) is 6. The summed E-state index contributed by atoms with van der Waals surface area (Å²) in [5.74, 6) is 0. The summed E-state index contributed by atoms with van der Waals surface area (Å²) in [4.78, 5) is 0.